The molecule has 0 atom stereocenters. The molecule has 0 saturated heterocycles. The Morgan fingerprint density at radius 3 is 2.11 bits per heavy atom. The second-order valence-electron chi connectivity index (χ2n) is 5.76. The lowest BCUT2D eigenvalue weighted by atomic mass is 10.2. The van der Waals surface area contributed by atoms with Gasteiger partial charge in [0.25, 0.3) is 0 Å². The number of anilines is 2. The Morgan fingerprint density at radius 1 is 0.889 bits per heavy atom. The smallest absolute Gasteiger partial charge is 0.248 e. The minimum absolute atomic E-state index is 0.181. The maximum atomic E-state index is 11.6. The van der Waals surface area contributed by atoms with Crippen LogP contribution >= 0.6 is 0 Å². The van der Waals surface area contributed by atoms with Crippen molar-refractivity contribution in [1.82, 2.24) is 4.98 Å². The molecule has 0 bridgehead atoms. The monoisotopic (exact) mass is 361 g/mol. The van der Waals surface area contributed by atoms with Crippen molar-refractivity contribution in [2.75, 3.05) is 10.6 Å². The zero-order chi connectivity index (χ0) is 19.2. The SMILES string of the molecule is C/C=C\C(=O)Nc1ccc(-c2nc3cc(NC(=O)/C=C\C)ccc3o2)cc1. The lowest BCUT2D eigenvalue weighted by Gasteiger charge is -2.02. The molecule has 2 aromatic carbocycles. The summed E-state index contributed by atoms with van der Waals surface area (Å²) in [6.07, 6.45) is 6.26. The summed E-state index contributed by atoms with van der Waals surface area (Å²) in [7, 11) is 0. The van der Waals surface area contributed by atoms with Crippen molar-refractivity contribution in [3.05, 3.63) is 66.8 Å². The molecule has 2 N–H and O–H groups in total. The van der Waals surface area contributed by atoms with Gasteiger partial charge in [-0.25, -0.2) is 4.98 Å². The van der Waals surface area contributed by atoms with E-state index in [0.717, 1.165) is 5.56 Å². The second kappa shape index (κ2) is 8.14. The fourth-order valence-electron chi connectivity index (χ4n) is 2.50. The zero-order valence-corrected chi connectivity index (χ0v) is 15.0. The number of rotatable bonds is 5. The number of hydrogen-bond acceptors (Lipinski definition) is 4. The average Bonchev–Trinajstić information content (AvgIpc) is 3.06. The number of benzene rings is 2. The van der Waals surface area contributed by atoms with E-state index >= 15 is 0 Å². The molecule has 6 heteroatoms. The summed E-state index contributed by atoms with van der Waals surface area (Å²) >= 11 is 0. The predicted molar refractivity (Wildman–Crippen MR) is 106 cm³/mol. The number of hydrogen-bond donors (Lipinski definition) is 2. The number of allylic oxidation sites excluding steroid dienone is 2. The van der Waals surface area contributed by atoms with E-state index in [9.17, 15) is 9.59 Å². The fraction of sp³-hybridized carbons (Fsp3) is 0.0952. The molecular weight excluding hydrogens is 342 g/mol. The highest BCUT2D eigenvalue weighted by atomic mass is 16.3. The molecule has 0 aliphatic rings. The van der Waals surface area contributed by atoms with Gasteiger partial charge in [-0.3, -0.25) is 9.59 Å². The highest BCUT2D eigenvalue weighted by Crippen LogP contribution is 2.27. The molecule has 0 spiro atoms. The molecule has 6 nitrogen and oxygen atoms in total. The van der Waals surface area contributed by atoms with Gasteiger partial charge in [-0.2, -0.15) is 0 Å². The number of amides is 2. The molecule has 0 fully saturated rings. The van der Waals surface area contributed by atoms with Crippen LogP contribution in [0.4, 0.5) is 11.4 Å². The van der Waals surface area contributed by atoms with E-state index in [1.54, 1.807) is 56.3 Å². The van der Waals surface area contributed by atoms with Crippen LogP contribution in [0.5, 0.6) is 0 Å². The highest BCUT2D eigenvalue weighted by molar-refractivity contribution is 6.00. The number of oxazole rings is 1. The Balaban J connectivity index is 1.80. The topological polar surface area (TPSA) is 84.2 Å². The molecule has 0 radical (unpaired) electrons. The first kappa shape index (κ1) is 18.1. The van der Waals surface area contributed by atoms with Gasteiger partial charge in [0, 0.05) is 16.9 Å². The van der Waals surface area contributed by atoms with Crippen LogP contribution in [-0.4, -0.2) is 16.8 Å². The average molecular weight is 361 g/mol. The second-order valence-corrected chi connectivity index (χ2v) is 5.76. The van der Waals surface area contributed by atoms with E-state index in [1.165, 1.54) is 12.2 Å². The molecule has 0 saturated carbocycles. The number of carbonyl (C=O) groups excluding carboxylic acids is 2. The van der Waals surface area contributed by atoms with Crippen molar-refractivity contribution in [1.29, 1.82) is 0 Å². The molecule has 0 unspecified atom stereocenters. The van der Waals surface area contributed by atoms with E-state index in [2.05, 4.69) is 15.6 Å². The van der Waals surface area contributed by atoms with Gasteiger partial charge in [-0.05, 0) is 68.5 Å². The third-order valence-electron chi connectivity index (χ3n) is 3.69. The zero-order valence-electron chi connectivity index (χ0n) is 15.0. The molecule has 0 aliphatic heterocycles. The molecule has 1 heterocycles. The summed E-state index contributed by atoms with van der Waals surface area (Å²) < 4.78 is 5.78. The number of nitrogens with zero attached hydrogens (tertiary/aromatic N) is 1. The largest absolute Gasteiger partial charge is 0.436 e. The van der Waals surface area contributed by atoms with Gasteiger partial charge in [0.2, 0.25) is 17.7 Å². The number of fused-ring (bicyclic) bond motifs is 1. The first-order valence-corrected chi connectivity index (χ1v) is 8.47. The fourth-order valence-corrected chi connectivity index (χ4v) is 2.50. The van der Waals surface area contributed by atoms with Crippen molar-refractivity contribution >= 4 is 34.3 Å². The normalized spacial score (nSPS) is 11.3. The molecule has 1 aromatic heterocycles. The summed E-state index contributed by atoms with van der Waals surface area (Å²) in [6, 6.07) is 12.5. The molecule has 0 aliphatic carbocycles. The van der Waals surface area contributed by atoms with Crippen molar-refractivity contribution in [3.8, 4) is 11.5 Å². The van der Waals surface area contributed by atoms with Gasteiger partial charge in [0.05, 0.1) is 0 Å². The van der Waals surface area contributed by atoms with Crippen LogP contribution in [-0.2, 0) is 9.59 Å². The molecule has 3 rings (SSSR count). The predicted octanol–water partition coefficient (Wildman–Crippen LogP) is 4.52. The Kier molecular flexibility index (Phi) is 5.47. The quantitative estimate of drug-likeness (QED) is 0.654. The molecule has 136 valence electrons. The van der Waals surface area contributed by atoms with E-state index in [-0.39, 0.29) is 11.8 Å². The lowest BCUT2D eigenvalue weighted by molar-refractivity contribution is -0.112. The van der Waals surface area contributed by atoms with Gasteiger partial charge >= 0.3 is 0 Å². The van der Waals surface area contributed by atoms with Gasteiger partial charge < -0.3 is 15.1 Å². The Morgan fingerprint density at radius 2 is 1.48 bits per heavy atom. The first-order chi connectivity index (χ1) is 13.1. The summed E-state index contributed by atoms with van der Waals surface area (Å²) in [5.74, 6) is 0.0870. The lowest BCUT2D eigenvalue weighted by Crippen LogP contribution is -2.07. The van der Waals surface area contributed by atoms with Crippen molar-refractivity contribution in [2.45, 2.75) is 13.8 Å². The van der Waals surface area contributed by atoms with Crippen LogP contribution in [0.1, 0.15) is 13.8 Å². The van der Waals surface area contributed by atoms with Gasteiger partial charge in [0.1, 0.15) is 5.52 Å². The van der Waals surface area contributed by atoms with E-state index in [4.69, 9.17) is 4.42 Å². The maximum absolute atomic E-state index is 11.6. The van der Waals surface area contributed by atoms with Crippen LogP contribution in [0.2, 0.25) is 0 Å². The number of carbonyl (C=O) groups is 2. The summed E-state index contributed by atoms with van der Waals surface area (Å²) in [4.78, 5) is 27.7. The van der Waals surface area contributed by atoms with Gasteiger partial charge in [-0.1, -0.05) is 12.2 Å². The number of nitrogens with one attached hydrogen (secondary N) is 2. The summed E-state index contributed by atoms with van der Waals surface area (Å²) in [5, 5.41) is 5.53. The summed E-state index contributed by atoms with van der Waals surface area (Å²) in [6.45, 7) is 3.57. The molecular formula is C21H19N3O3. The van der Waals surface area contributed by atoms with Crippen LogP contribution in [0.3, 0.4) is 0 Å². The third kappa shape index (κ3) is 4.49. The summed E-state index contributed by atoms with van der Waals surface area (Å²) in [5.41, 5.74) is 3.39. The van der Waals surface area contributed by atoms with Crippen LogP contribution < -0.4 is 10.6 Å². The molecule has 27 heavy (non-hydrogen) atoms. The van der Waals surface area contributed by atoms with Crippen molar-refractivity contribution in [3.63, 3.8) is 0 Å². The van der Waals surface area contributed by atoms with Gasteiger partial charge in [-0.15, -0.1) is 0 Å². The first-order valence-electron chi connectivity index (χ1n) is 8.47. The van der Waals surface area contributed by atoms with Crippen LogP contribution in [0, 0.1) is 0 Å². The third-order valence-corrected chi connectivity index (χ3v) is 3.69. The standard InChI is InChI=1S/C21H19N3O3/c1-3-5-19(25)22-15-9-7-14(8-10-15)21-24-17-13-16(11-12-18(17)27-21)23-20(26)6-4-2/h3-13H,1-2H3,(H,22,25)(H,23,26)/b5-3-,6-4-. The number of aromatic nitrogens is 1. The Labute approximate surface area is 156 Å². The van der Waals surface area contributed by atoms with Crippen LogP contribution in [0.15, 0.2) is 71.2 Å². The van der Waals surface area contributed by atoms with E-state index in [1.807, 2.05) is 12.1 Å². The van der Waals surface area contributed by atoms with Crippen molar-refractivity contribution < 1.29 is 14.0 Å². The highest BCUT2D eigenvalue weighted by Gasteiger charge is 2.10. The Hall–Kier alpha value is -3.67. The van der Waals surface area contributed by atoms with Crippen molar-refractivity contribution in [2.24, 2.45) is 0 Å². The van der Waals surface area contributed by atoms with Crippen LogP contribution in [0.25, 0.3) is 22.6 Å². The Bertz CT molecular complexity index is 1030. The molecule has 2 amide bonds. The molecule has 3 aromatic rings. The van der Waals surface area contributed by atoms with E-state index < -0.39 is 0 Å². The van der Waals surface area contributed by atoms with Gasteiger partial charge in [0.15, 0.2) is 5.58 Å². The maximum Gasteiger partial charge on any atom is 0.248 e. The minimum Gasteiger partial charge on any atom is -0.436 e. The minimum atomic E-state index is -0.198. The van der Waals surface area contributed by atoms with E-state index in [0.29, 0.717) is 28.4 Å².